The van der Waals surface area contributed by atoms with Crippen molar-refractivity contribution >= 4 is 11.5 Å². The molecule has 1 fully saturated rings. The van der Waals surface area contributed by atoms with Gasteiger partial charge in [0.2, 0.25) is 5.95 Å². The van der Waals surface area contributed by atoms with Crippen molar-refractivity contribution in [3.8, 4) is 22.8 Å². The number of aromatic nitrogens is 4. The molecule has 0 saturated heterocycles. The number of imidazole rings is 1. The molecule has 2 N–H and O–H groups in total. The van der Waals surface area contributed by atoms with Gasteiger partial charge in [-0.15, -0.1) is 23.4 Å². The Bertz CT molecular complexity index is 1090. The smallest absolute Gasteiger partial charge is 0.435 e. The summed E-state index contributed by atoms with van der Waals surface area (Å²) in [6, 6.07) is 2.83. The molecule has 1 saturated carbocycles. The molecule has 4 rings (SSSR count). The maximum atomic E-state index is 12.9. The van der Waals surface area contributed by atoms with Gasteiger partial charge in [0.1, 0.15) is 23.5 Å². The van der Waals surface area contributed by atoms with E-state index in [0.29, 0.717) is 24.4 Å². The van der Waals surface area contributed by atoms with E-state index in [-0.39, 0.29) is 23.2 Å². The highest BCUT2D eigenvalue weighted by Gasteiger charge is 2.39. The molecular formula is C18H16F5N5O3. The van der Waals surface area contributed by atoms with E-state index in [2.05, 4.69) is 30.0 Å². The number of anilines is 1. The van der Waals surface area contributed by atoms with Gasteiger partial charge in [0, 0.05) is 17.7 Å². The molecule has 0 unspecified atom stereocenters. The Morgan fingerprint density at radius 2 is 2.00 bits per heavy atom. The highest BCUT2D eigenvalue weighted by molar-refractivity contribution is 5.81. The standard InChI is InChI=1S/C18H16F5N5O3/c1-17(29)5-9(6-17)25-16-27-26-14(12-7-24-8-28(12)16)11-3-2-10(30-15(19)20)4-13(11)31-18(21,22)23/h2-4,7-9,15,29H,5-6H2,1H3,(H,25,27). The van der Waals surface area contributed by atoms with Crippen molar-refractivity contribution in [3.63, 3.8) is 0 Å². The van der Waals surface area contributed by atoms with Crippen molar-refractivity contribution in [2.75, 3.05) is 5.32 Å². The molecule has 31 heavy (non-hydrogen) atoms. The summed E-state index contributed by atoms with van der Waals surface area (Å²) in [5, 5.41) is 21.0. The first-order chi connectivity index (χ1) is 14.5. The van der Waals surface area contributed by atoms with Crippen LogP contribution in [0.15, 0.2) is 30.7 Å². The number of nitrogens with one attached hydrogen (secondary N) is 1. The van der Waals surface area contributed by atoms with Gasteiger partial charge in [-0.1, -0.05) is 0 Å². The molecule has 0 amide bonds. The zero-order chi connectivity index (χ0) is 22.4. The SMILES string of the molecule is CC1(O)CC(Nc2nnc(-c3ccc(OC(F)F)cc3OC(F)(F)F)c3cncn23)C1. The van der Waals surface area contributed by atoms with Crippen LogP contribution in [-0.4, -0.2) is 49.3 Å². The first-order valence-electron chi connectivity index (χ1n) is 9.03. The zero-order valence-corrected chi connectivity index (χ0v) is 15.9. The number of nitrogens with zero attached hydrogens (tertiary/aromatic N) is 4. The summed E-state index contributed by atoms with van der Waals surface area (Å²) in [5.74, 6) is -1.00. The second kappa shape index (κ2) is 7.48. The van der Waals surface area contributed by atoms with Crippen molar-refractivity contribution in [1.29, 1.82) is 0 Å². The van der Waals surface area contributed by atoms with Crippen molar-refractivity contribution in [3.05, 3.63) is 30.7 Å². The van der Waals surface area contributed by atoms with Gasteiger partial charge in [0.05, 0.1) is 17.3 Å². The minimum absolute atomic E-state index is 0.00787. The summed E-state index contributed by atoms with van der Waals surface area (Å²) in [6.07, 6.45) is -1.34. The molecule has 0 spiro atoms. The van der Waals surface area contributed by atoms with E-state index in [9.17, 15) is 27.1 Å². The van der Waals surface area contributed by atoms with Crippen LogP contribution in [0.25, 0.3) is 16.8 Å². The largest absolute Gasteiger partial charge is 0.573 e. The quantitative estimate of drug-likeness (QED) is 0.560. The average molecular weight is 445 g/mol. The second-order valence-corrected chi connectivity index (χ2v) is 7.35. The molecule has 8 nitrogen and oxygen atoms in total. The summed E-state index contributed by atoms with van der Waals surface area (Å²) in [7, 11) is 0. The molecule has 0 aliphatic heterocycles. The second-order valence-electron chi connectivity index (χ2n) is 7.35. The lowest BCUT2D eigenvalue weighted by molar-refractivity contribution is -0.274. The van der Waals surface area contributed by atoms with E-state index >= 15 is 0 Å². The summed E-state index contributed by atoms with van der Waals surface area (Å²) in [6.45, 7) is -1.51. The topological polar surface area (TPSA) is 93.8 Å². The molecule has 3 aromatic rings. The molecule has 1 aliphatic carbocycles. The lowest BCUT2D eigenvalue weighted by atomic mass is 9.77. The fraction of sp³-hybridized carbons (Fsp3) is 0.389. The minimum atomic E-state index is -5.08. The molecule has 2 heterocycles. The Morgan fingerprint density at radius 3 is 2.65 bits per heavy atom. The van der Waals surface area contributed by atoms with Crippen LogP contribution in [0.4, 0.5) is 27.9 Å². The molecule has 166 valence electrons. The van der Waals surface area contributed by atoms with Crippen LogP contribution in [0.3, 0.4) is 0 Å². The number of alkyl halides is 5. The van der Waals surface area contributed by atoms with Gasteiger partial charge in [0.15, 0.2) is 0 Å². The monoisotopic (exact) mass is 445 g/mol. The number of hydrogen-bond donors (Lipinski definition) is 2. The molecule has 2 aromatic heterocycles. The molecule has 0 bridgehead atoms. The molecular weight excluding hydrogens is 429 g/mol. The fourth-order valence-electron chi connectivity index (χ4n) is 3.50. The summed E-state index contributed by atoms with van der Waals surface area (Å²) in [4.78, 5) is 4.00. The van der Waals surface area contributed by atoms with E-state index in [0.717, 1.165) is 12.1 Å². The van der Waals surface area contributed by atoms with Crippen LogP contribution in [0, 0.1) is 0 Å². The van der Waals surface area contributed by atoms with Gasteiger partial charge < -0.3 is 19.9 Å². The number of ether oxygens (including phenoxy) is 2. The van der Waals surface area contributed by atoms with E-state index in [4.69, 9.17) is 0 Å². The van der Waals surface area contributed by atoms with Crippen molar-refractivity contribution in [2.24, 2.45) is 0 Å². The first-order valence-corrected chi connectivity index (χ1v) is 9.03. The van der Waals surface area contributed by atoms with E-state index in [1.807, 2.05) is 0 Å². The van der Waals surface area contributed by atoms with Crippen molar-refractivity contribution in [1.82, 2.24) is 19.6 Å². The third-order valence-electron chi connectivity index (χ3n) is 4.72. The predicted molar refractivity (Wildman–Crippen MR) is 96.8 cm³/mol. The van der Waals surface area contributed by atoms with Crippen LogP contribution in [0.5, 0.6) is 11.5 Å². The van der Waals surface area contributed by atoms with Gasteiger partial charge in [-0.2, -0.15) is 8.78 Å². The van der Waals surface area contributed by atoms with Crippen LogP contribution in [-0.2, 0) is 0 Å². The number of aliphatic hydroxyl groups is 1. The Balaban J connectivity index is 1.73. The number of rotatable bonds is 6. The molecule has 0 atom stereocenters. The number of hydrogen-bond acceptors (Lipinski definition) is 7. The van der Waals surface area contributed by atoms with Crippen LogP contribution in [0.2, 0.25) is 0 Å². The number of benzene rings is 1. The average Bonchev–Trinajstić information content (AvgIpc) is 3.09. The Morgan fingerprint density at radius 1 is 1.26 bits per heavy atom. The highest BCUT2D eigenvalue weighted by Crippen LogP contribution is 2.38. The van der Waals surface area contributed by atoms with E-state index < -0.39 is 30.1 Å². The minimum Gasteiger partial charge on any atom is -0.435 e. The van der Waals surface area contributed by atoms with Gasteiger partial charge in [-0.05, 0) is 31.9 Å². The van der Waals surface area contributed by atoms with Crippen molar-refractivity contribution < 1.29 is 36.5 Å². The first kappa shape index (κ1) is 21.0. The van der Waals surface area contributed by atoms with Gasteiger partial charge in [-0.25, -0.2) is 4.98 Å². The summed E-state index contributed by atoms with van der Waals surface area (Å²) in [5.41, 5.74) is -0.620. The van der Waals surface area contributed by atoms with Crippen LogP contribution in [0.1, 0.15) is 19.8 Å². The molecule has 1 aliphatic rings. The number of fused-ring (bicyclic) bond motifs is 1. The molecule has 0 radical (unpaired) electrons. The Labute approximate surface area is 171 Å². The maximum absolute atomic E-state index is 12.9. The van der Waals surface area contributed by atoms with Gasteiger partial charge in [0.25, 0.3) is 0 Å². The molecule has 1 aromatic carbocycles. The highest BCUT2D eigenvalue weighted by atomic mass is 19.4. The summed E-state index contributed by atoms with van der Waals surface area (Å²) < 4.78 is 73.3. The lowest BCUT2D eigenvalue weighted by Gasteiger charge is -2.41. The van der Waals surface area contributed by atoms with E-state index in [1.165, 1.54) is 16.9 Å². The maximum Gasteiger partial charge on any atom is 0.573 e. The zero-order valence-electron chi connectivity index (χ0n) is 15.9. The third kappa shape index (κ3) is 4.60. The third-order valence-corrected chi connectivity index (χ3v) is 4.72. The van der Waals surface area contributed by atoms with Gasteiger partial charge in [-0.3, -0.25) is 4.40 Å². The Kier molecular flexibility index (Phi) is 5.07. The lowest BCUT2D eigenvalue weighted by Crippen LogP contribution is -2.48. The fourth-order valence-corrected chi connectivity index (χ4v) is 3.50. The van der Waals surface area contributed by atoms with Crippen LogP contribution < -0.4 is 14.8 Å². The Hall–Kier alpha value is -3.22. The van der Waals surface area contributed by atoms with E-state index in [1.54, 1.807) is 6.92 Å². The van der Waals surface area contributed by atoms with Crippen molar-refractivity contribution in [2.45, 2.75) is 44.4 Å². The predicted octanol–water partition coefficient (Wildman–Crippen LogP) is 3.62. The summed E-state index contributed by atoms with van der Waals surface area (Å²) >= 11 is 0. The number of halogens is 5. The normalized spacial score (nSPS) is 21.2. The van der Waals surface area contributed by atoms with Gasteiger partial charge >= 0.3 is 13.0 Å². The van der Waals surface area contributed by atoms with Crippen LogP contribution >= 0.6 is 0 Å². The molecule has 13 heteroatoms.